The zero-order valence-corrected chi connectivity index (χ0v) is 64.9. The van der Waals surface area contributed by atoms with Crippen molar-refractivity contribution < 1.29 is 99.6 Å². The number of esters is 3. The van der Waals surface area contributed by atoms with Crippen LogP contribution in [0.15, 0.2) is 66.7 Å². The maximum Gasteiger partial charge on any atom is 0.343 e. The van der Waals surface area contributed by atoms with Crippen molar-refractivity contribution in [2.45, 2.75) is 102 Å². The predicted molar refractivity (Wildman–Crippen MR) is 403 cm³/mol. The van der Waals surface area contributed by atoms with Gasteiger partial charge in [0.25, 0.3) is 0 Å². The van der Waals surface area contributed by atoms with Crippen LogP contribution in [-0.2, 0) is 53.1 Å². The molecule has 7 aromatic rings. The Morgan fingerprint density at radius 3 is 1.12 bits per heavy atom. The molecule has 0 radical (unpaired) electrons. The second kappa shape index (κ2) is 31.5. The van der Waals surface area contributed by atoms with Crippen molar-refractivity contribution in [3.05, 3.63) is 150 Å². The molecule has 0 aromatic heterocycles. The molecule has 110 heavy (non-hydrogen) atoms. The number of hydrogen-bond acceptors (Lipinski definition) is 27. The van der Waals surface area contributed by atoms with Crippen molar-refractivity contribution in [1.82, 2.24) is 24.5 Å². The van der Waals surface area contributed by atoms with Crippen LogP contribution in [0.1, 0.15) is 161 Å². The molecule has 27 heteroatoms. The number of rotatable bonds is 21. The molecule has 27 nitrogen and oxygen atoms in total. The van der Waals surface area contributed by atoms with Gasteiger partial charge in [0.1, 0.15) is 35.0 Å². The van der Waals surface area contributed by atoms with Crippen molar-refractivity contribution in [2.75, 3.05) is 157 Å². The molecule has 10 heterocycles. The Morgan fingerprint density at radius 1 is 0.409 bits per heavy atom. The molecule has 1 fully saturated rings. The molecule has 584 valence electrons. The van der Waals surface area contributed by atoms with Gasteiger partial charge in [0.05, 0.1) is 82.1 Å². The molecule has 0 amide bonds. The van der Waals surface area contributed by atoms with Gasteiger partial charge in [-0.2, -0.15) is 0 Å². The highest BCUT2D eigenvalue weighted by atomic mass is 16.7. The number of carbonyl (C=O) groups excluding carboxylic acids is 3. The minimum absolute atomic E-state index is 0.117. The van der Waals surface area contributed by atoms with Gasteiger partial charge < -0.3 is 90.6 Å². The minimum Gasteiger partial charge on any atom is -0.493 e. The van der Waals surface area contributed by atoms with Gasteiger partial charge in [-0.1, -0.05) is 50.2 Å². The molecule has 7 aromatic carbocycles. The molecule has 17 rings (SSSR count). The lowest BCUT2D eigenvalue weighted by atomic mass is 9.83. The Kier molecular flexibility index (Phi) is 21.5. The lowest BCUT2D eigenvalue weighted by molar-refractivity contribution is 0.00798. The first-order valence-corrected chi connectivity index (χ1v) is 37.4. The van der Waals surface area contributed by atoms with Crippen LogP contribution in [0.5, 0.6) is 86.2 Å². The van der Waals surface area contributed by atoms with Gasteiger partial charge in [0, 0.05) is 95.0 Å². The van der Waals surface area contributed by atoms with Crippen molar-refractivity contribution in [2.24, 2.45) is 0 Å². The highest BCUT2D eigenvalue weighted by molar-refractivity contribution is 6.00. The Morgan fingerprint density at radius 2 is 0.755 bits per heavy atom. The van der Waals surface area contributed by atoms with Crippen LogP contribution in [0.25, 0.3) is 0 Å². The molecule has 0 saturated carbocycles. The molecular weight excluding hydrogens is 1420 g/mol. The monoisotopic (exact) mass is 1510 g/mol. The third kappa shape index (κ3) is 12.7. The van der Waals surface area contributed by atoms with Gasteiger partial charge in [-0.25, -0.2) is 14.4 Å². The van der Waals surface area contributed by atoms with E-state index in [1.807, 2.05) is 80.8 Å². The average Bonchev–Trinajstić information content (AvgIpc) is 1.46. The number of likely N-dealkylation sites (N-methyl/N-ethyl adjacent to an activating group) is 3. The zero-order chi connectivity index (χ0) is 76.9. The molecule has 0 bridgehead atoms. The summed E-state index contributed by atoms with van der Waals surface area (Å²) >= 11 is 0. The number of anilines is 1. The van der Waals surface area contributed by atoms with E-state index in [4.69, 9.17) is 85.3 Å². The second-order valence-corrected chi connectivity index (χ2v) is 28.4. The molecule has 0 unspecified atom stereocenters. The van der Waals surface area contributed by atoms with Crippen LogP contribution < -0.4 is 76.4 Å². The third-order valence-corrected chi connectivity index (χ3v) is 23.1. The van der Waals surface area contributed by atoms with E-state index in [1.54, 1.807) is 42.7 Å². The number of fused-ring (bicyclic) bond motifs is 9. The Hall–Kier alpha value is -10.5. The van der Waals surface area contributed by atoms with E-state index in [2.05, 4.69) is 50.7 Å². The van der Waals surface area contributed by atoms with Gasteiger partial charge in [-0.05, 0) is 126 Å². The summed E-state index contributed by atoms with van der Waals surface area (Å²) in [6, 6.07) is 20.3. The largest absolute Gasteiger partial charge is 0.493 e. The number of carbonyl (C=O) groups is 3. The van der Waals surface area contributed by atoms with Crippen molar-refractivity contribution in [3.63, 3.8) is 0 Å². The molecule has 10 aliphatic rings. The fourth-order valence-corrected chi connectivity index (χ4v) is 17.9. The average molecular weight is 1510 g/mol. The number of ether oxygens (including phenoxy) is 18. The number of nitrogens with zero attached hydrogens (tertiary/aromatic N) is 5. The van der Waals surface area contributed by atoms with E-state index in [9.17, 15) is 14.4 Å². The summed E-state index contributed by atoms with van der Waals surface area (Å²) in [6.45, 7) is 13.2. The minimum atomic E-state index is -0.578. The van der Waals surface area contributed by atoms with Gasteiger partial charge >= 0.3 is 17.9 Å². The third-order valence-electron chi connectivity index (χ3n) is 23.1. The smallest absolute Gasteiger partial charge is 0.343 e. The van der Waals surface area contributed by atoms with E-state index < -0.39 is 36.2 Å². The summed E-state index contributed by atoms with van der Waals surface area (Å²) in [5.41, 5.74) is 14.3. The molecule has 6 atom stereocenters. The summed E-state index contributed by atoms with van der Waals surface area (Å²) in [6.07, 6.45) is 3.21. The number of para-hydroxylation sites is 1. The molecule has 0 aliphatic carbocycles. The van der Waals surface area contributed by atoms with Crippen LogP contribution in [0.2, 0.25) is 0 Å². The maximum absolute atomic E-state index is 13.2. The summed E-state index contributed by atoms with van der Waals surface area (Å²) < 4.78 is 105. The molecule has 0 spiro atoms. The highest BCUT2D eigenvalue weighted by Gasteiger charge is 2.52. The SMILES string of the molecule is CCN(CC)Cc1c2c(c(OC)c3c1OCO3)[C@H]([C@H]1OC(=O)c3c1ccc(OC)c3OC)N(C)CC2.COc1ccc2c(c1OC)C(=O)O[C@@H]2[C@H]1c2c(c(CN3CCCC3)c3c(c2OC)OCO3)CCN1C.COc1ccc2c(c1OC)C(=O)O[C@@H]2[C@H]1c2c(c(CNc3ccccc3)c3c(c2OC)OCO3)CCN1C. The van der Waals surface area contributed by atoms with Gasteiger partial charge in [-0.3, -0.25) is 24.5 Å². The van der Waals surface area contributed by atoms with Gasteiger partial charge in [0.2, 0.25) is 37.6 Å². The van der Waals surface area contributed by atoms with E-state index in [0.717, 1.165) is 151 Å². The first kappa shape index (κ1) is 75.0. The summed E-state index contributed by atoms with van der Waals surface area (Å²) in [5.74, 6) is 7.36. The fraction of sp³-hybridized carbons (Fsp3) is 0.458. The summed E-state index contributed by atoms with van der Waals surface area (Å²) in [7, 11) is 20.3. The van der Waals surface area contributed by atoms with Gasteiger partial charge in [0.15, 0.2) is 69.0 Å². The zero-order valence-electron chi connectivity index (χ0n) is 64.9. The van der Waals surface area contributed by atoms with Crippen LogP contribution in [0.4, 0.5) is 5.69 Å². The Bertz CT molecular complexity index is 4530. The molecule has 1 N–H and O–H groups in total. The number of nitrogens with one attached hydrogen (secondary N) is 1. The fourth-order valence-electron chi connectivity index (χ4n) is 17.9. The number of benzene rings is 7. The molecule has 1 saturated heterocycles. The van der Waals surface area contributed by atoms with Crippen molar-refractivity contribution in [1.29, 1.82) is 0 Å². The Labute approximate surface area is 640 Å². The highest BCUT2D eigenvalue weighted by Crippen LogP contribution is 2.62. The normalized spacial score (nSPS) is 20.8. The van der Waals surface area contributed by atoms with E-state index in [1.165, 1.54) is 45.3 Å². The van der Waals surface area contributed by atoms with Crippen LogP contribution >= 0.6 is 0 Å². The first-order valence-electron chi connectivity index (χ1n) is 37.4. The Balaban J connectivity index is 0.000000131. The van der Waals surface area contributed by atoms with Crippen molar-refractivity contribution >= 4 is 23.6 Å². The number of hydrogen-bond donors (Lipinski definition) is 1. The topological polar surface area (TPSA) is 246 Å². The van der Waals surface area contributed by atoms with Gasteiger partial charge in [-0.15, -0.1) is 0 Å². The van der Waals surface area contributed by atoms with E-state index >= 15 is 0 Å². The molecule has 10 aliphatic heterocycles. The van der Waals surface area contributed by atoms with Crippen LogP contribution in [0, 0.1) is 0 Å². The second-order valence-electron chi connectivity index (χ2n) is 28.4. The summed E-state index contributed by atoms with van der Waals surface area (Å²) in [5, 5.41) is 3.52. The van der Waals surface area contributed by atoms with E-state index in [0.29, 0.717) is 98.0 Å². The quantitative estimate of drug-likeness (QED) is 0.0519. The van der Waals surface area contributed by atoms with Crippen molar-refractivity contribution in [3.8, 4) is 86.2 Å². The first-order chi connectivity index (χ1) is 53.6. The number of likely N-dealkylation sites (tertiary alicyclic amines) is 1. The standard InChI is InChI=1S/C29H30N2O7.C27H32N2O7.C27H34N2O7/c1-31-13-12-17-19(14-30-16-8-6-5-7-9-16)25-28(37-15-36-25)27(35-4)21(17)23(31)24-18-10-11-20(33-2)26(34-3)22(18)29(32)38-24;1-28-12-9-15-17(13-29-10-5-6-11-29)23-26(35-14-34-23)25(33-4)19(15)21(28)22-16-7-8-18(31-2)24(32-3)20(16)27(30)36-22;1-7-29(8-2)13-17-15-11-12-28(3)21(19(15)25(33-6)26-23(17)34-14-35-26)22-16-9-10-18(31-4)24(32-5)20(16)27(30)36-22/h5-11,23-24,30H,12-15H2,1-4H3;7-8,21-22H,5-6,9-14H2,1-4H3;9-10,21-22H,7-8,11-14H2,1-6H3/t23-,24+;2*21-,22+/m111/s1. The predicted octanol–water partition coefficient (Wildman–Crippen LogP) is 11.7. The maximum atomic E-state index is 13.2. The molecular formula is C83H96N6O21. The number of methoxy groups -OCH3 is 9. The van der Waals surface area contributed by atoms with Crippen LogP contribution in [-0.4, -0.2) is 194 Å². The summed E-state index contributed by atoms with van der Waals surface area (Å²) in [4.78, 5) is 51.0. The van der Waals surface area contributed by atoms with Crippen LogP contribution in [0.3, 0.4) is 0 Å². The van der Waals surface area contributed by atoms with E-state index in [-0.39, 0.29) is 38.5 Å². The number of cyclic esters (lactones) is 3. The lowest BCUT2D eigenvalue weighted by Gasteiger charge is -2.39. The lowest BCUT2D eigenvalue weighted by Crippen LogP contribution is -2.37.